The molecule has 1 aromatic rings. The van der Waals surface area contributed by atoms with Crippen molar-refractivity contribution in [1.82, 2.24) is 0 Å². The molecule has 2 rings (SSSR count). The Bertz CT molecular complexity index is 406. The molecule has 0 spiro atoms. The van der Waals surface area contributed by atoms with E-state index < -0.39 is 0 Å². The van der Waals surface area contributed by atoms with Crippen molar-refractivity contribution in [3.05, 3.63) is 29.8 Å². The highest BCUT2D eigenvalue weighted by atomic mass is 14.9. The van der Waals surface area contributed by atoms with Crippen LogP contribution >= 0.6 is 0 Å². The third kappa shape index (κ3) is 3.26. The van der Waals surface area contributed by atoms with Crippen molar-refractivity contribution < 1.29 is 0 Å². The number of nitrogens with one attached hydrogen (secondary N) is 1. The first-order valence-corrected chi connectivity index (χ1v) is 6.95. The lowest BCUT2D eigenvalue weighted by atomic mass is 9.87. The van der Waals surface area contributed by atoms with Gasteiger partial charge in [-0.05, 0) is 49.3 Å². The minimum absolute atomic E-state index is 0.284. The summed E-state index contributed by atoms with van der Waals surface area (Å²) in [4.78, 5) is 0. The number of nitrogens with zero attached hydrogens (tertiary/aromatic N) is 1. The molecule has 2 nitrogen and oxygen atoms in total. The zero-order chi connectivity index (χ0) is 13.0. The van der Waals surface area contributed by atoms with Gasteiger partial charge in [0.15, 0.2) is 0 Å². The molecule has 96 valence electrons. The minimum Gasteiger partial charge on any atom is -0.382 e. The van der Waals surface area contributed by atoms with Gasteiger partial charge in [-0.3, -0.25) is 0 Å². The van der Waals surface area contributed by atoms with E-state index in [0.29, 0.717) is 12.0 Å². The number of rotatable bonds is 3. The Balaban J connectivity index is 1.89. The van der Waals surface area contributed by atoms with Crippen LogP contribution in [-0.4, -0.2) is 6.04 Å². The first kappa shape index (κ1) is 13.0. The summed E-state index contributed by atoms with van der Waals surface area (Å²) in [7, 11) is 0. The molecule has 1 fully saturated rings. The zero-order valence-corrected chi connectivity index (χ0v) is 11.3. The highest BCUT2D eigenvalue weighted by Gasteiger charge is 2.20. The lowest BCUT2D eigenvalue weighted by Crippen LogP contribution is -2.25. The van der Waals surface area contributed by atoms with Crippen molar-refractivity contribution in [3.63, 3.8) is 0 Å². The fraction of sp³-hybridized carbons (Fsp3) is 0.562. The maximum atomic E-state index is 8.88. The highest BCUT2D eigenvalue weighted by molar-refractivity contribution is 5.46. The van der Waals surface area contributed by atoms with Crippen LogP contribution in [0.4, 0.5) is 5.69 Å². The van der Waals surface area contributed by atoms with Gasteiger partial charge in [0.1, 0.15) is 0 Å². The van der Waals surface area contributed by atoms with E-state index in [-0.39, 0.29) is 5.92 Å². The van der Waals surface area contributed by atoms with Crippen LogP contribution in [0.2, 0.25) is 0 Å². The molecule has 0 amide bonds. The van der Waals surface area contributed by atoms with Crippen molar-refractivity contribution in [3.8, 4) is 6.07 Å². The lowest BCUT2D eigenvalue weighted by Gasteiger charge is -2.26. The first-order valence-electron chi connectivity index (χ1n) is 6.95. The molecule has 18 heavy (non-hydrogen) atoms. The van der Waals surface area contributed by atoms with Crippen molar-refractivity contribution in [2.75, 3.05) is 5.32 Å². The molecule has 2 heteroatoms. The molecule has 0 aliphatic heterocycles. The van der Waals surface area contributed by atoms with E-state index in [4.69, 9.17) is 5.26 Å². The second-order valence-electron chi connectivity index (χ2n) is 5.60. The molecule has 0 aromatic heterocycles. The Morgan fingerprint density at radius 2 is 1.72 bits per heavy atom. The summed E-state index contributed by atoms with van der Waals surface area (Å²) in [6.07, 6.45) is 4.31. The standard InChI is InChI=1S/C16H22N2/c1-12(2)14-5-9-16(10-6-14)18-15-7-3-13(11-17)4-8-15/h5-6,9-10,12-13,15,18H,3-4,7-8H2,1-2H3. The second-order valence-corrected chi connectivity index (χ2v) is 5.60. The molecule has 0 bridgehead atoms. The first-order chi connectivity index (χ1) is 8.69. The molecule has 0 saturated heterocycles. The minimum atomic E-state index is 0.284. The quantitative estimate of drug-likeness (QED) is 0.857. The van der Waals surface area contributed by atoms with Crippen molar-refractivity contribution >= 4 is 5.69 Å². The van der Waals surface area contributed by atoms with Crippen molar-refractivity contribution in [2.45, 2.75) is 51.5 Å². The molecule has 0 unspecified atom stereocenters. The van der Waals surface area contributed by atoms with Gasteiger partial charge in [-0.15, -0.1) is 0 Å². The van der Waals surface area contributed by atoms with Gasteiger partial charge in [0.05, 0.1) is 6.07 Å². The summed E-state index contributed by atoms with van der Waals surface area (Å²) in [6.45, 7) is 4.43. The largest absolute Gasteiger partial charge is 0.382 e. The third-order valence-electron chi connectivity index (χ3n) is 3.86. The number of anilines is 1. The van der Waals surface area contributed by atoms with Gasteiger partial charge in [-0.25, -0.2) is 0 Å². The maximum absolute atomic E-state index is 8.88. The molecule has 1 aliphatic rings. The fourth-order valence-corrected chi connectivity index (χ4v) is 2.57. The molecule has 1 saturated carbocycles. The zero-order valence-electron chi connectivity index (χ0n) is 11.3. The fourth-order valence-electron chi connectivity index (χ4n) is 2.57. The summed E-state index contributed by atoms with van der Waals surface area (Å²) in [5.41, 5.74) is 2.59. The van der Waals surface area contributed by atoms with E-state index in [1.165, 1.54) is 11.3 Å². The summed E-state index contributed by atoms with van der Waals surface area (Å²) in [5, 5.41) is 12.5. The van der Waals surface area contributed by atoms with Crippen LogP contribution in [0.1, 0.15) is 51.0 Å². The number of hydrogen-bond acceptors (Lipinski definition) is 2. The van der Waals surface area contributed by atoms with E-state index in [1.54, 1.807) is 0 Å². The molecule has 1 N–H and O–H groups in total. The Morgan fingerprint density at radius 1 is 1.11 bits per heavy atom. The Hall–Kier alpha value is -1.49. The van der Waals surface area contributed by atoms with Crippen molar-refractivity contribution in [1.29, 1.82) is 5.26 Å². The topological polar surface area (TPSA) is 35.8 Å². The molecule has 0 radical (unpaired) electrons. The van der Waals surface area contributed by atoms with Crippen LogP contribution in [-0.2, 0) is 0 Å². The van der Waals surface area contributed by atoms with Crippen LogP contribution in [0.15, 0.2) is 24.3 Å². The van der Waals surface area contributed by atoms with Gasteiger partial charge in [-0.1, -0.05) is 26.0 Å². The molecule has 1 aliphatic carbocycles. The monoisotopic (exact) mass is 242 g/mol. The van der Waals surface area contributed by atoms with Crippen LogP contribution in [0.5, 0.6) is 0 Å². The SMILES string of the molecule is CC(C)c1ccc(NC2CCC(C#N)CC2)cc1. The van der Waals surface area contributed by atoms with Crippen LogP contribution in [0.3, 0.4) is 0 Å². The Kier molecular flexibility index (Phi) is 4.25. The van der Waals surface area contributed by atoms with E-state index in [1.807, 2.05) is 0 Å². The Morgan fingerprint density at radius 3 is 2.22 bits per heavy atom. The van der Waals surface area contributed by atoms with Crippen LogP contribution < -0.4 is 5.32 Å². The summed E-state index contributed by atoms with van der Waals surface area (Å²) in [5.74, 6) is 0.872. The number of benzene rings is 1. The summed E-state index contributed by atoms with van der Waals surface area (Å²) >= 11 is 0. The van der Waals surface area contributed by atoms with E-state index in [9.17, 15) is 0 Å². The van der Waals surface area contributed by atoms with Gasteiger partial charge in [-0.2, -0.15) is 5.26 Å². The van der Waals surface area contributed by atoms with Crippen LogP contribution in [0, 0.1) is 17.2 Å². The van der Waals surface area contributed by atoms with Gasteiger partial charge >= 0.3 is 0 Å². The predicted molar refractivity (Wildman–Crippen MR) is 75.5 cm³/mol. The maximum Gasteiger partial charge on any atom is 0.0655 e. The van der Waals surface area contributed by atoms with Crippen LogP contribution in [0.25, 0.3) is 0 Å². The summed E-state index contributed by atoms with van der Waals surface area (Å²) in [6, 6.07) is 11.7. The molecule has 1 aromatic carbocycles. The van der Waals surface area contributed by atoms with Gasteiger partial charge in [0.25, 0.3) is 0 Å². The molecular weight excluding hydrogens is 220 g/mol. The number of hydrogen-bond donors (Lipinski definition) is 1. The molecular formula is C16H22N2. The smallest absolute Gasteiger partial charge is 0.0655 e. The molecule has 0 atom stereocenters. The van der Waals surface area contributed by atoms with E-state index in [2.05, 4.69) is 49.5 Å². The average Bonchev–Trinajstić information content (AvgIpc) is 2.40. The van der Waals surface area contributed by atoms with Gasteiger partial charge < -0.3 is 5.32 Å². The van der Waals surface area contributed by atoms with E-state index in [0.717, 1.165) is 25.7 Å². The third-order valence-corrected chi connectivity index (χ3v) is 3.86. The summed E-state index contributed by atoms with van der Waals surface area (Å²) < 4.78 is 0. The average molecular weight is 242 g/mol. The number of nitriles is 1. The van der Waals surface area contributed by atoms with Crippen molar-refractivity contribution in [2.24, 2.45) is 5.92 Å². The van der Waals surface area contributed by atoms with Gasteiger partial charge in [0, 0.05) is 17.6 Å². The second kappa shape index (κ2) is 5.91. The predicted octanol–water partition coefficient (Wildman–Crippen LogP) is 4.30. The normalized spacial score (nSPS) is 23.7. The Labute approximate surface area is 110 Å². The van der Waals surface area contributed by atoms with E-state index >= 15 is 0 Å². The van der Waals surface area contributed by atoms with Gasteiger partial charge in [0.2, 0.25) is 0 Å². The highest BCUT2D eigenvalue weighted by Crippen LogP contribution is 2.26. The molecule has 0 heterocycles. The lowest BCUT2D eigenvalue weighted by molar-refractivity contribution is 0.397.